The van der Waals surface area contributed by atoms with Gasteiger partial charge in [-0.2, -0.15) is 0 Å². The maximum Gasteiger partial charge on any atom is 0.232 e. The van der Waals surface area contributed by atoms with E-state index in [9.17, 15) is 4.79 Å². The van der Waals surface area contributed by atoms with Gasteiger partial charge in [0.1, 0.15) is 0 Å². The van der Waals surface area contributed by atoms with Crippen LogP contribution in [-0.2, 0) is 16.1 Å². The Bertz CT molecular complexity index is 397. The molecule has 2 rings (SSSR count). The topological polar surface area (TPSA) is 55.6 Å². The van der Waals surface area contributed by atoms with Gasteiger partial charge in [-0.3, -0.25) is 4.79 Å². The van der Waals surface area contributed by atoms with Crippen molar-refractivity contribution in [1.82, 2.24) is 0 Å². The van der Waals surface area contributed by atoms with Gasteiger partial charge in [-0.1, -0.05) is 12.1 Å². The molecule has 0 radical (unpaired) electrons. The number of benzene rings is 1. The number of amides is 1. The predicted octanol–water partition coefficient (Wildman–Crippen LogP) is 1.53. The van der Waals surface area contributed by atoms with E-state index in [2.05, 4.69) is 0 Å². The van der Waals surface area contributed by atoms with Crippen LogP contribution in [-0.4, -0.2) is 26.2 Å². The highest BCUT2D eigenvalue weighted by atomic mass is 16.5. The Morgan fingerprint density at radius 2 is 2.17 bits per heavy atom. The molecule has 0 bridgehead atoms. The minimum atomic E-state index is -0.00191. The zero-order valence-corrected chi connectivity index (χ0v) is 10.8. The first-order valence-corrected chi connectivity index (χ1v) is 6.36. The van der Waals surface area contributed by atoms with Gasteiger partial charge in [0.25, 0.3) is 0 Å². The Labute approximate surface area is 108 Å². The van der Waals surface area contributed by atoms with Crippen LogP contribution in [0.4, 0.5) is 5.69 Å². The van der Waals surface area contributed by atoms with E-state index in [0.717, 1.165) is 30.7 Å². The highest BCUT2D eigenvalue weighted by molar-refractivity contribution is 5.94. The molecule has 18 heavy (non-hydrogen) atoms. The number of hydrogen-bond donors (Lipinski definition) is 1. The molecule has 1 saturated heterocycles. The van der Waals surface area contributed by atoms with Crippen LogP contribution in [0.3, 0.4) is 0 Å². The van der Waals surface area contributed by atoms with E-state index in [-0.39, 0.29) is 11.8 Å². The van der Waals surface area contributed by atoms with Crippen molar-refractivity contribution in [2.75, 3.05) is 25.2 Å². The van der Waals surface area contributed by atoms with Crippen molar-refractivity contribution >= 4 is 11.6 Å². The Balaban J connectivity index is 2.04. The molecule has 1 aliphatic rings. The summed E-state index contributed by atoms with van der Waals surface area (Å²) in [5.41, 5.74) is 7.53. The van der Waals surface area contributed by atoms with Crippen molar-refractivity contribution < 1.29 is 9.53 Å². The van der Waals surface area contributed by atoms with Crippen LogP contribution in [0.15, 0.2) is 24.3 Å². The number of nitrogens with two attached hydrogens (primary N) is 1. The van der Waals surface area contributed by atoms with E-state index >= 15 is 0 Å². The normalized spacial score (nSPS) is 19.6. The van der Waals surface area contributed by atoms with Crippen LogP contribution >= 0.6 is 0 Å². The lowest BCUT2D eigenvalue weighted by atomic mass is 10.0. The van der Waals surface area contributed by atoms with Gasteiger partial charge >= 0.3 is 0 Å². The lowest BCUT2D eigenvalue weighted by Crippen LogP contribution is -2.37. The van der Waals surface area contributed by atoms with Crippen molar-refractivity contribution in [3.63, 3.8) is 0 Å². The van der Waals surface area contributed by atoms with Gasteiger partial charge in [0.15, 0.2) is 0 Å². The SMILES string of the molecule is CN(C(=O)C1CCCOC1)c1ccc(CN)cc1. The van der Waals surface area contributed by atoms with Crippen LogP contribution in [0.5, 0.6) is 0 Å². The first-order valence-electron chi connectivity index (χ1n) is 6.36. The maximum absolute atomic E-state index is 12.3. The second kappa shape index (κ2) is 5.98. The number of ether oxygens (including phenoxy) is 1. The number of anilines is 1. The molecule has 1 amide bonds. The molecule has 1 aromatic carbocycles. The summed E-state index contributed by atoms with van der Waals surface area (Å²) in [6.07, 6.45) is 1.89. The van der Waals surface area contributed by atoms with Crippen molar-refractivity contribution in [3.8, 4) is 0 Å². The fourth-order valence-corrected chi connectivity index (χ4v) is 2.19. The third-order valence-electron chi connectivity index (χ3n) is 3.40. The standard InChI is InChI=1S/C14H20N2O2/c1-16(13-6-4-11(9-15)5-7-13)14(17)12-3-2-8-18-10-12/h4-7,12H,2-3,8-10,15H2,1H3. The van der Waals surface area contributed by atoms with Crippen LogP contribution in [0, 0.1) is 5.92 Å². The summed E-state index contributed by atoms with van der Waals surface area (Å²) in [6.45, 7) is 1.84. The minimum Gasteiger partial charge on any atom is -0.381 e. The number of rotatable bonds is 3. The molecule has 0 spiro atoms. The molecule has 1 unspecified atom stereocenters. The van der Waals surface area contributed by atoms with Gasteiger partial charge in [-0.25, -0.2) is 0 Å². The van der Waals surface area contributed by atoms with Crippen LogP contribution < -0.4 is 10.6 Å². The summed E-state index contributed by atoms with van der Waals surface area (Å²) in [7, 11) is 1.81. The van der Waals surface area contributed by atoms with E-state index < -0.39 is 0 Å². The van der Waals surface area contributed by atoms with E-state index in [1.807, 2.05) is 31.3 Å². The largest absolute Gasteiger partial charge is 0.381 e. The zero-order valence-electron chi connectivity index (χ0n) is 10.8. The number of nitrogens with zero attached hydrogens (tertiary/aromatic N) is 1. The van der Waals surface area contributed by atoms with Crippen LogP contribution in [0.2, 0.25) is 0 Å². The monoisotopic (exact) mass is 248 g/mol. The Hall–Kier alpha value is -1.39. The van der Waals surface area contributed by atoms with E-state index in [1.54, 1.807) is 4.90 Å². The molecule has 0 aliphatic carbocycles. The molecule has 1 fully saturated rings. The van der Waals surface area contributed by atoms with Gasteiger partial charge in [0.2, 0.25) is 5.91 Å². The van der Waals surface area contributed by atoms with Gasteiger partial charge in [0, 0.05) is 25.9 Å². The van der Waals surface area contributed by atoms with E-state index in [4.69, 9.17) is 10.5 Å². The number of carbonyl (C=O) groups excluding carboxylic acids is 1. The summed E-state index contributed by atoms with van der Waals surface area (Å²) < 4.78 is 5.36. The van der Waals surface area contributed by atoms with Gasteiger partial charge in [0.05, 0.1) is 12.5 Å². The van der Waals surface area contributed by atoms with E-state index in [1.165, 1.54) is 0 Å². The molecule has 2 N–H and O–H groups in total. The lowest BCUT2D eigenvalue weighted by Gasteiger charge is -2.26. The van der Waals surface area contributed by atoms with Crippen molar-refractivity contribution in [2.24, 2.45) is 11.7 Å². The van der Waals surface area contributed by atoms with Crippen molar-refractivity contribution in [1.29, 1.82) is 0 Å². The molecule has 4 nitrogen and oxygen atoms in total. The summed E-state index contributed by atoms with van der Waals surface area (Å²) in [6, 6.07) is 7.78. The fraction of sp³-hybridized carbons (Fsp3) is 0.500. The molecule has 1 aliphatic heterocycles. The number of hydrogen-bond acceptors (Lipinski definition) is 3. The molecule has 1 heterocycles. The number of carbonyl (C=O) groups is 1. The molecule has 98 valence electrons. The Morgan fingerprint density at radius 1 is 1.44 bits per heavy atom. The van der Waals surface area contributed by atoms with Gasteiger partial charge < -0.3 is 15.4 Å². The van der Waals surface area contributed by atoms with Gasteiger partial charge in [-0.05, 0) is 30.5 Å². The summed E-state index contributed by atoms with van der Waals surface area (Å²) >= 11 is 0. The molecule has 0 saturated carbocycles. The third kappa shape index (κ3) is 2.89. The average Bonchev–Trinajstić information content (AvgIpc) is 2.47. The zero-order chi connectivity index (χ0) is 13.0. The summed E-state index contributed by atoms with van der Waals surface area (Å²) in [5, 5.41) is 0. The lowest BCUT2D eigenvalue weighted by molar-refractivity contribution is -0.125. The fourth-order valence-electron chi connectivity index (χ4n) is 2.19. The first kappa shape index (κ1) is 13.1. The highest BCUT2D eigenvalue weighted by Crippen LogP contribution is 2.20. The smallest absolute Gasteiger partial charge is 0.232 e. The molecule has 1 aromatic rings. The molecule has 4 heteroatoms. The maximum atomic E-state index is 12.3. The Kier molecular flexibility index (Phi) is 4.33. The molecular formula is C14H20N2O2. The van der Waals surface area contributed by atoms with Crippen molar-refractivity contribution in [3.05, 3.63) is 29.8 Å². The van der Waals surface area contributed by atoms with E-state index in [0.29, 0.717) is 13.2 Å². The second-order valence-corrected chi connectivity index (χ2v) is 4.68. The Morgan fingerprint density at radius 3 is 2.72 bits per heavy atom. The molecule has 1 atom stereocenters. The first-order chi connectivity index (χ1) is 8.72. The quantitative estimate of drug-likeness (QED) is 0.882. The average molecular weight is 248 g/mol. The minimum absolute atomic E-state index is 0.00191. The highest BCUT2D eigenvalue weighted by Gasteiger charge is 2.25. The third-order valence-corrected chi connectivity index (χ3v) is 3.40. The molecular weight excluding hydrogens is 228 g/mol. The second-order valence-electron chi connectivity index (χ2n) is 4.68. The summed E-state index contributed by atoms with van der Waals surface area (Å²) in [4.78, 5) is 14.0. The van der Waals surface area contributed by atoms with Crippen molar-refractivity contribution in [2.45, 2.75) is 19.4 Å². The molecule has 0 aromatic heterocycles. The van der Waals surface area contributed by atoms with Gasteiger partial charge in [-0.15, -0.1) is 0 Å². The van der Waals surface area contributed by atoms with Crippen LogP contribution in [0.1, 0.15) is 18.4 Å². The summed E-state index contributed by atoms with van der Waals surface area (Å²) in [5.74, 6) is 0.133. The van der Waals surface area contributed by atoms with Crippen LogP contribution in [0.25, 0.3) is 0 Å². The predicted molar refractivity (Wildman–Crippen MR) is 71.3 cm³/mol.